The molecule has 0 radical (unpaired) electrons. The number of unbranched alkanes of at least 4 members (excludes halogenated alkanes) is 6. The Bertz CT molecular complexity index is 1870. The highest BCUT2D eigenvalue weighted by molar-refractivity contribution is 5.95. The molecule has 5 aromatic carbocycles. The zero-order valence-electron chi connectivity index (χ0n) is 30.1. The van der Waals surface area contributed by atoms with Crippen molar-refractivity contribution in [3.63, 3.8) is 0 Å². The summed E-state index contributed by atoms with van der Waals surface area (Å²) in [5.74, 6) is 0.905. The fourth-order valence-electron chi connectivity index (χ4n) is 5.44. The predicted molar refractivity (Wildman–Crippen MR) is 208 cm³/mol. The van der Waals surface area contributed by atoms with Gasteiger partial charge in [0.2, 0.25) is 0 Å². The molecule has 0 saturated heterocycles. The molecular formula is C45H47NO6. The Morgan fingerprint density at radius 1 is 0.538 bits per heavy atom. The van der Waals surface area contributed by atoms with E-state index in [9.17, 15) is 9.59 Å². The van der Waals surface area contributed by atoms with Crippen molar-refractivity contribution < 1.29 is 28.5 Å². The maximum absolute atomic E-state index is 13.2. The van der Waals surface area contributed by atoms with Crippen LogP contribution in [0.25, 0.3) is 11.1 Å². The Kier molecular flexibility index (Phi) is 14.6. The molecule has 7 heteroatoms. The van der Waals surface area contributed by atoms with Crippen LogP contribution in [0.3, 0.4) is 0 Å². The zero-order chi connectivity index (χ0) is 36.4. The molecule has 0 spiro atoms. The second kappa shape index (κ2) is 20.2. The van der Waals surface area contributed by atoms with E-state index in [1.807, 2.05) is 42.5 Å². The van der Waals surface area contributed by atoms with Gasteiger partial charge in [0.25, 0.3) is 0 Å². The first kappa shape index (κ1) is 37.6. The van der Waals surface area contributed by atoms with E-state index in [4.69, 9.17) is 18.9 Å². The standard InChI is InChI=1S/C45H47NO6/c1-3-5-7-12-30-49-40-24-18-36(19-25-40)44(47)51-42-28-29-43(52-45(48)37-20-26-41(27-21-37)50-31-13-8-6-4-2)38(32-42)33-46-39-22-16-35(17-23-39)34-14-10-9-11-15-34/h9-11,14-29,32-33H,3-8,12-13,30-31H2,1-2H3. The average Bonchev–Trinajstić information content (AvgIpc) is 3.18. The molecule has 0 saturated carbocycles. The SMILES string of the molecule is CCCCCCOc1ccc(C(=O)Oc2ccc(OC(=O)c3ccc(OCCCCCC)cc3)c(C=Nc3ccc(-c4ccccc4)cc3)c2)cc1. The van der Waals surface area contributed by atoms with E-state index in [0.29, 0.717) is 47.1 Å². The van der Waals surface area contributed by atoms with E-state index in [-0.39, 0.29) is 11.5 Å². The molecule has 0 N–H and O–H groups in total. The largest absolute Gasteiger partial charge is 0.494 e. The summed E-state index contributed by atoms with van der Waals surface area (Å²) in [6.07, 6.45) is 10.6. The van der Waals surface area contributed by atoms with Crippen molar-refractivity contribution in [3.05, 3.63) is 138 Å². The van der Waals surface area contributed by atoms with Gasteiger partial charge in [-0.3, -0.25) is 4.99 Å². The van der Waals surface area contributed by atoms with Crippen LogP contribution in [0.5, 0.6) is 23.0 Å². The topological polar surface area (TPSA) is 83.4 Å². The minimum absolute atomic E-state index is 0.270. The number of hydrogen-bond acceptors (Lipinski definition) is 7. The fraction of sp³-hybridized carbons (Fsp3) is 0.267. The molecule has 5 aromatic rings. The van der Waals surface area contributed by atoms with E-state index in [1.165, 1.54) is 25.7 Å². The van der Waals surface area contributed by atoms with Crippen molar-refractivity contribution in [3.8, 4) is 34.1 Å². The van der Waals surface area contributed by atoms with Crippen molar-refractivity contribution in [1.82, 2.24) is 0 Å². The summed E-state index contributed by atoms with van der Waals surface area (Å²) in [5.41, 5.74) is 4.11. The number of hydrogen-bond donors (Lipinski definition) is 0. The third-order valence-electron chi connectivity index (χ3n) is 8.43. The van der Waals surface area contributed by atoms with E-state index < -0.39 is 11.9 Å². The quantitative estimate of drug-likeness (QED) is 0.0370. The second-order valence-electron chi connectivity index (χ2n) is 12.5. The lowest BCUT2D eigenvalue weighted by Gasteiger charge is -2.11. The number of nitrogens with zero attached hydrogens (tertiary/aromatic N) is 1. The molecule has 0 aliphatic rings. The average molecular weight is 698 g/mol. The molecule has 268 valence electrons. The van der Waals surface area contributed by atoms with Gasteiger partial charge < -0.3 is 18.9 Å². The van der Waals surface area contributed by atoms with Gasteiger partial charge in [0.1, 0.15) is 23.0 Å². The Hall–Kier alpha value is -5.69. The molecule has 0 aliphatic carbocycles. The highest BCUT2D eigenvalue weighted by Crippen LogP contribution is 2.27. The van der Waals surface area contributed by atoms with Crippen LogP contribution in [0, 0.1) is 0 Å². The molecule has 0 aromatic heterocycles. The lowest BCUT2D eigenvalue weighted by molar-refractivity contribution is 0.0719. The first-order chi connectivity index (χ1) is 25.5. The third kappa shape index (κ3) is 11.7. The number of benzene rings is 5. The third-order valence-corrected chi connectivity index (χ3v) is 8.43. The van der Waals surface area contributed by atoms with Crippen LogP contribution in [0.15, 0.2) is 126 Å². The summed E-state index contributed by atoms with van der Waals surface area (Å²) in [6, 6.07) is 36.6. The van der Waals surface area contributed by atoms with E-state index in [0.717, 1.165) is 36.8 Å². The molecule has 0 aliphatic heterocycles. The van der Waals surface area contributed by atoms with Gasteiger partial charge in [0.15, 0.2) is 0 Å². The van der Waals surface area contributed by atoms with Crippen molar-refractivity contribution in [2.75, 3.05) is 13.2 Å². The zero-order valence-corrected chi connectivity index (χ0v) is 30.1. The summed E-state index contributed by atoms with van der Waals surface area (Å²) >= 11 is 0. The van der Waals surface area contributed by atoms with Crippen LogP contribution >= 0.6 is 0 Å². The molecular weight excluding hydrogens is 650 g/mol. The van der Waals surface area contributed by atoms with Crippen LogP contribution in [0.4, 0.5) is 5.69 Å². The van der Waals surface area contributed by atoms with Gasteiger partial charge in [0, 0.05) is 11.8 Å². The molecule has 0 amide bonds. The van der Waals surface area contributed by atoms with Crippen LogP contribution in [0.2, 0.25) is 0 Å². The van der Waals surface area contributed by atoms with Crippen molar-refractivity contribution in [2.24, 2.45) is 4.99 Å². The Morgan fingerprint density at radius 3 is 1.62 bits per heavy atom. The maximum Gasteiger partial charge on any atom is 0.343 e. The fourth-order valence-corrected chi connectivity index (χ4v) is 5.44. The van der Waals surface area contributed by atoms with Crippen LogP contribution < -0.4 is 18.9 Å². The summed E-state index contributed by atoms with van der Waals surface area (Å²) in [7, 11) is 0. The Balaban J connectivity index is 1.29. The van der Waals surface area contributed by atoms with Gasteiger partial charge in [0.05, 0.1) is 30.0 Å². The number of carbonyl (C=O) groups is 2. The van der Waals surface area contributed by atoms with E-state index in [1.54, 1.807) is 72.9 Å². The first-order valence-electron chi connectivity index (χ1n) is 18.3. The monoisotopic (exact) mass is 697 g/mol. The molecule has 5 rings (SSSR count). The van der Waals surface area contributed by atoms with E-state index >= 15 is 0 Å². The molecule has 0 bridgehead atoms. The second-order valence-corrected chi connectivity index (χ2v) is 12.5. The minimum atomic E-state index is -0.534. The highest BCUT2D eigenvalue weighted by Gasteiger charge is 2.15. The normalized spacial score (nSPS) is 11.0. The maximum atomic E-state index is 13.2. The Morgan fingerprint density at radius 2 is 1.06 bits per heavy atom. The van der Waals surface area contributed by atoms with Crippen molar-refractivity contribution in [2.45, 2.75) is 65.2 Å². The molecule has 7 nitrogen and oxygen atoms in total. The van der Waals surface area contributed by atoms with Crippen molar-refractivity contribution >= 4 is 23.8 Å². The molecule has 0 atom stereocenters. The van der Waals surface area contributed by atoms with Gasteiger partial charge in [-0.2, -0.15) is 0 Å². The molecule has 52 heavy (non-hydrogen) atoms. The first-order valence-corrected chi connectivity index (χ1v) is 18.3. The van der Waals surface area contributed by atoms with Gasteiger partial charge in [-0.1, -0.05) is 94.8 Å². The number of aliphatic imine (C=N–C) groups is 1. The summed E-state index contributed by atoms with van der Waals surface area (Å²) < 4.78 is 23.2. The van der Waals surface area contributed by atoms with Crippen LogP contribution in [0.1, 0.15) is 91.5 Å². The van der Waals surface area contributed by atoms with Crippen LogP contribution in [-0.4, -0.2) is 31.4 Å². The molecule has 0 fully saturated rings. The van der Waals surface area contributed by atoms with Gasteiger partial charge in [-0.25, -0.2) is 9.59 Å². The number of ether oxygens (including phenoxy) is 4. The molecule has 0 heterocycles. The summed E-state index contributed by atoms with van der Waals surface area (Å²) in [5, 5.41) is 0. The predicted octanol–water partition coefficient (Wildman–Crippen LogP) is 11.5. The summed E-state index contributed by atoms with van der Waals surface area (Å²) in [6.45, 7) is 5.63. The lowest BCUT2D eigenvalue weighted by Crippen LogP contribution is -2.11. The lowest BCUT2D eigenvalue weighted by atomic mass is 10.1. The molecule has 0 unspecified atom stereocenters. The highest BCUT2D eigenvalue weighted by atomic mass is 16.5. The van der Waals surface area contributed by atoms with Crippen LogP contribution in [-0.2, 0) is 0 Å². The Labute approximate surface area is 307 Å². The summed E-state index contributed by atoms with van der Waals surface area (Å²) in [4.78, 5) is 31.0. The number of esters is 2. The van der Waals surface area contributed by atoms with Gasteiger partial charge >= 0.3 is 11.9 Å². The smallest absolute Gasteiger partial charge is 0.343 e. The van der Waals surface area contributed by atoms with Gasteiger partial charge in [-0.15, -0.1) is 0 Å². The van der Waals surface area contributed by atoms with Gasteiger partial charge in [-0.05, 0) is 103 Å². The van der Waals surface area contributed by atoms with E-state index in [2.05, 4.69) is 31.0 Å². The van der Waals surface area contributed by atoms with Crippen molar-refractivity contribution in [1.29, 1.82) is 0 Å². The number of rotatable bonds is 19. The number of carbonyl (C=O) groups excluding carboxylic acids is 2. The minimum Gasteiger partial charge on any atom is -0.494 e.